The predicted octanol–water partition coefficient (Wildman–Crippen LogP) is 8.76. The number of aliphatic carboxylic acids is 2. The summed E-state index contributed by atoms with van der Waals surface area (Å²) in [5.41, 5.74) is 0. The van der Waals surface area contributed by atoms with Crippen molar-refractivity contribution in [1.82, 2.24) is 0 Å². The molecule has 0 aromatic rings. The Labute approximate surface area is 249 Å². The van der Waals surface area contributed by atoms with Crippen LogP contribution in [0.3, 0.4) is 0 Å². The van der Waals surface area contributed by atoms with Crippen molar-refractivity contribution in [3.05, 3.63) is 0 Å². The van der Waals surface area contributed by atoms with Gasteiger partial charge in [0.05, 0.1) is 0 Å². The third-order valence-corrected chi connectivity index (χ3v) is 4.99. The number of carboxylic acids is 2. The molecule has 0 heterocycles. The van der Waals surface area contributed by atoms with Crippen LogP contribution in [0.2, 0.25) is 0 Å². The summed E-state index contributed by atoms with van der Waals surface area (Å²) in [6.45, 7) is 11.3. The van der Waals surface area contributed by atoms with Crippen LogP contribution in [-0.4, -0.2) is 44.6 Å². The summed E-state index contributed by atoms with van der Waals surface area (Å²) in [6, 6.07) is 0. The second kappa shape index (κ2) is 42.8. The first-order valence-electron chi connectivity index (χ1n) is 14.8. The van der Waals surface area contributed by atoms with E-state index in [0.29, 0.717) is 12.8 Å². The van der Waals surface area contributed by atoms with Crippen LogP contribution in [0, 0.1) is 0 Å². The summed E-state index contributed by atoms with van der Waals surface area (Å²) < 4.78 is 0. The van der Waals surface area contributed by atoms with Gasteiger partial charge in [0.1, 0.15) is 0 Å². The monoisotopic (exact) mass is 610 g/mol. The van der Waals surface area contributed by atoms with E-state index in [-0.39, 0.29) is 38.4 Å². The van der Waals surface area contributed by atoms with Crippen molar-refractivity contribution >= 4 is 11.9 Å². The quantitative estimate of drug-likeness (QED) is 0.102. The zero-order valence-corrected chi connectivity index (χ0v) is 27.9. The Hall–Kier alpha value is -0.257. The standard InChI is InChI=1S/2C12H24O2.2C3H8O.Zr/c2*1-2-3-4-5-6-7-8-9-10-11-12(13)14;2*1-3(2)4;/h2*2-11H2,1H3,(H,13,14);2*3-4H,1-2H3;. The van der Waals surface area contributed by atoms with Crippen LogP contribution in [0.25, 0.3) is 0 Å². The van der Waals surface area contributed by atoms with Crippen molar-refractivity contribution in [2.45, 2.75) is 182 Å². The number of carboxylic acid groups (broad SMARTS) is 2. The minimum atomic E-state index is -0.659. The van der Waals surface area contributed by atoms with Crippen molar-refractivity contribution < 1.29 is 56.2 Å². The van der Waals surface area contributed by atoms with Gasteiger partial charge in [-0.3, -0.25) is 9.59 Å². The van der Waals surface area contributed by atoms with Crippen molar-refractivity contribution in [3.63, 3.8) is 0 Å². The van der Waals surface area contributed by atoms with Gasteiger partial charge in [-0.25, -0.2) is 0 Å². The molecule has 6 nitrogen and oxygen atoms in total. The van der Waals surface area contributed by atoms with Crippen LogP contribution in [0.1, 0.15) is 170 Å². The largest absolute Gasteiger partial charge is 0.481 e. The van der Waals surface area contributed by atoms with Crippen molar-refractivity contribution in [2.75, 3.05) is 0 Å². The van der Waals surface area contributed by atoms with Crippen molar-refractivity contribution in [3.8, 4) is 0 Å². The molecule has 0 atom stereocenters. The smallest absolute Gasteiger partial charge is 0.303 e. The van der Waals surface area contributed by atoms with Gasteiger partial charge in [0.2, 0.25) is 0 Å². The molecule has 0 aliphatic rings. The summed E-state index contributed by atoms with van der Waals surface area (Å²) in [6.07, 6.45) is 22.6. The van der Waals surface area contributed by atoms with Crippen LogP contribution in [-0.2, 0) is 35.8 Å². The third kappa shape index (κ3) is 86.1. The van der Waals surface area contributed by atoms with Crippen molar-refractivity contribution in [1.29, 1.82) is 0 Å². The molecule has 224 valence electrons. The summed E-state index contributed by atoms with van der Waals surface area (Å²) in [5, 5.41) is 32.9. The van der Waals surface area contributed by atoms with Crippen molar-refractivity contribution in [2.24, 2.45) is 0 Å². The maximum absolute atomic E-state index is 10.2. The Morgan fingerprint density at radius 3 is 0.784 bits per heavy atom. The van der Waals surface area contributed by atoms with Gasteiger partial charge in [-0.05, 0) is 40.5 Å². The molecule has 0 saturated heterocycles. The van der Waals surface area contributed by atoms with E-state index < -0.39 is 11.9 Å². The molecule has 0 saturated carbocycles. The molecule has 0 unspecified atom stereocenters. The Kier molecular flexibility index (Phi) is 53.9. The van der Waals surface area contributed by atoms with Crippen LogP contribution in [0.5, 0.6) is 0 Å². The molecule has 4 N–H and O–H groups in total. The molecule has 0 amide bonds. The molecule has 0 spiro atoms. The van der Waals surface area contributed by atoms with E-state index in [2.05, 4.69) is 13.8 Å². The van der Waals surface area contributed by atoms with Gasteiger partial charge in [-0.2, -0.15) is 0 Å². The average molecular weight is 612 g/mol. The fourth-order valence-corrected chi connectivity index (χ4v) is 3.17. The second-order valence-electron chi connectivity index (χ2n) is 10.1. The summed E-state index contributed by atoms with van der Waals surface area (Å²) in [5.74, 6) is -1.32. The molecule has 0 aliphatic carbocycles. The first-order valence-corrected chi connectivity index (χ1v) is 14.8. The summed E-state index contributed by atoms with van der Waals surface area (Å²) >= 11 is 0. The van der Waals surface area contributed by atoms with E-state index in [1.165, 1.54) is 89.9 Å². The molecule has 37 heavy (non-hydrogen) atoms. The van der Waals surface area contributed by atoms with Gasteiger partial charge < -0.3 is 20.4 Å². The Balaban J connectivity index is -0.000000140. The number of aliphatic hydroxyl groups is 2. The maximum atomic E-state index is 10.2. The molecule has 7 heteroatoms. The van der Waals surface area contributed by atoms with Gasteiger partial charge in [0.25, 0.3) is 0 Å². The molecule has 0 aromatic carbocycles. The minimum absolute atomic E-state index is 0. The zero-order valence-electron chi connectivity index (χ0n) is 25.4. The molecule has 0 aliphatic heterocycles. The number of rotatable bonds is 20. The van der Waals surface area contributed by atoms with E-state index in [1.807, 2.05) is 0 Å². The predicted molar refractivity (Wildman–Crippen MR) is 154 cm³/mol. The van der Waals surface area contributed by atoms with Gasteiger partial charge in [0.15, 0.2) is 0 Å². The number of hydrogen-bond donors (Lipinski definition) is 4. The number of aliphatic hydroxyl groups excluding tert-OH is 2. The molecule has 0 bridgehead atoms. The molecular weight excluding hydrogens is 548 g/mol. The van der Waals surface area contributed by atoms with Crippen LogP contribution in [0.15, 0.2) is 0 Å². The van der Waals surface area contributed by atoms with Gasteiger partial charge >= 0.3 is 11.9 Å². The first-order chi connectivity index (χ1) is 17.0. The molecular formula is C30H64O6Zr. The molecule has 0 aromatic heterocycles. The second-order valence-corrected chi connectivity index (χ2v) is 10.1. The van der Waals surface area contributed by atoms with E-state index in [1.54, 1.807) is 27.7 Å². The summed E-state index contributed by atoms with van der Waals surface area (Å²) in [4.78, 5) is 20.4. The fraction of sp³-hybridized carbons (Fsp3) is 0.933. The zero-order chi connectivity index (χ0) is 28.5. The average Bonchev–Trinajstić information content (AvgIpc) is 2.76. The number of hydrogen-bond acceptors (Lipinski definition) is 4. The van der Waals surface area contributed by atoms with Crippen LogP contribution >= 0.6 is 0 Å². The summed E-state index contributed by atoms with van der Waals surface area (Å²) in [7, 11) is 0. The maximum Gasteiger partial charge on any atom is 0.303 e. The van der Waals surface area contributed by atoms with Gasteiger partial charge in [-0.1, -0.05) is 117 Å². The first kappa shape index (κ1) is 46.6. The minimum Gasteiger partial charge on any atom is -0.481 e. The fourth-order valence-electron chi connectivity index (χ4n) is 3.17. The van der Waals surface area contributed by atoms with E-state index in [9.17, 15) is 9.59 Å². The molecule has 0 fully saturated rings. The third-order valence-electron chi connectivity index (χ3n) is 4.99. The number of carbonyl (C=O) groups is 2. The Bertz CT molecular complexity index is 373. The van der Waals surface area contributed by atoms with Gasteiger partial charge in [0, 0.05) is 51.3 Å². The topological polar surface area (TPSA) is 115 Å². The van der Waals surface area contributed by atoms with Crippen LogP contribution < -0.4 is 0 Å². The van der Waals surface area contributed by atoms with E-state index in [4.69, 9.17) is 20.4 Å². The Morgan fingerprint density at radius 1 is 0.459 bits per heavy atom. The van der Waals surface area contributed by atoms with E-state index in [0.717, 1.165) is 25.7 Å². The Morgan fingerprint density at radius 2 is 0.622 bits per heavy atom. The SMILES string of the molecule is CC(C)O.CC(C)O.CCCCCCCCCCCC(=O)O.CCCCCCCCCCCC(=O)O.[Zr]. The molecule has 0 radical (unpaired) electrons. The van der Waals surface area contributed by atoms with Crippen LogP contribution in [0.4, 0.5) is 0 Å². The number of unbranched alkanes of at least 4 members (excludes halogenated alkanes) is 16. The molecule has 0 rings (SSSR count). The van der Waals surface area contributed by atoms with E-state index >= 15 is 0 Å². The normalized spacial score (nSPS) is 9.78. The van der Waals surface area contributed by atoms with Gasteiger partial charge in [-0.15, -0.1) is 0 Å².